The molecule has 30 heavy (non-hydrogen) atoms. The maximum atomic E-state index is 14.9. The van der Waals surface area contributed by atoms with E-state index in [2.05, 4.69) is 19.1 Å². The summed E-state index contributed by atoms with van der Waals surface area (Å²) in [5.74, 6) is 2.18. The normalized spacial score (nSPS) is 26.7. The molecule has 0 saturated heterocycles. The van der Waals surface area contributed by atoms with Gasteiger partial charge in [-0.3, -0.25) is 0 Å². The molecule has 2 fully saturated rings. The van der Waals surface area contributed by atoms with Crippen LogP contribution in [-0.4, -0.2) is 0 Å². The van der Waals surface area contributed by atoms with Gasteiger partial charge in [0.25, 0.3) is 0 Å². The van der Waals surface area contributed by atoms with E-state index in [-0.39, 0.29) is 10.8 Å². The SMILES string of the molecule is C/C=C/CCC1CCC2CC(c3ccc(-c4ccc(Cl)c(F)c4)c(F)c3)CCC2C1. The van der Waals surface area contributed by atoms with Gasteiger partial charge in [0.05, 0.1) is 5.02 Å². The van der Waals surface area contributed by atoms with Crippen molar-refractivity contribution < 1.29 is 8.78 Å². The van der Waals surface area contributed by atoms with E-state index in [9.17, 15) is 8.78 Å². The fraction of sp³-hybridized carbons (Fsp3) is 0.481. The summed E-state index contributed by atoms with van der Waals surface area (Å²) in [6.45, 7) is 2.10. The second-order valence-electron chi connectivity index (χ2n) is 9.22. The van der Waals surface area contributed by atoms with Crippen LogP contribution in [-0.2, 0) is 0 Å². The largest absolute Gasteiger partial charge is 0.206 e. The zero-order valence-corrected chi connectivity index (χ0v) is 18.5. The van der Waals surface area contributed by atoms with E-state index in [1.54, 1.807) is 18.2 Å². The first-order valence-electron chi connectivity index (χ1n) is 11.4. The number of allylic oxidation sites excluding steroid dienone is 2. The number of hydrogen-bond donors (Lipinski definition) is 0. The topological polar surface area (TPSA) is 0 Å². The van der Waals surface area contributed by atoms with E-state index in [4.69, 9.17) is 11.6 Å². The van der Waals surface area contributed by atoms with Crippen LogP contribution in [0.1, 0.15) is 69.8 Å². The lowest BCUT2D eigenvalue weighted by Crippen LogP contribution is -2.30. The number of halogens is 3. The highest BCUT2D eigenvalue weighted by atomic mass is 35.5. The molecule has 2 aromatic rings. The van der Waals surface area contributed by atoms with Crippen LogP contribution in [0.25, 0.3) is 11.1 Å². The summed E-state index contributed by atoms with van der Waals surface area (Å²) in [5.41, 5.74) is 2.06. The minimum Gasteiger partial charge on any atom is -0.206 e. The van der Waals surface area contributed by atoms with Crippen LogP contribution >= 0.6 is 11.6 Å². The number of fused-ring (bicyclic) bond motifs is 1. The molecule has 4 rings (SSSR count). The van der Waals surface area contributed by atoms with E-state index < -0.39 is 5.82 Å². The molecule has 0 aromatic heterocycles. The number of benzene rings is 2. The van der Waals surface area contributed by atoms with Gasteiger partial charge in [-0.05, 0) is 105 Å². The summed E-state index contributed by atoms with van der Waals surface area (Å²) < 4.78 is 28.7. The summed E-state index contributed by atoms with van der Waals surface area (Å²) in [6, 6.07) is 9.98. The Morgan fingerprint density at radius 3 is 2.50 bits per heavy atom. The summed E-state index contributed by atoms with van der Waals surface area (Å²) in [6.07, 6.45) is 14.6. The fourth-order valence-electron chi connectivity index (χ4n) is 5.73. The smallest absolute Gasteiger partial charge is 0.142 e. The molecule has 2 aliphatic rings. The van der Waals surface area contributed by atoms with E-state index in [0.29, 0.717) is 17.0 Å². The quantitative estimate of drug-likeness (QED) is 0.417. The van der Waals surface area contributed by atoms with Crippen molar-refractivity contribution in [2.75, 3.05) is 0 Å². The Morgan fingerprint density at radius 2 is 1.73 bits per heavy atom. The minimum absolute atomic E-state index is 0.0593. The van der Waals surface area contributed by atoms with Gasteiger partial charge in [-0.2, -0.15) is 0 Å². The zero-order chi connectivity index (χ0) is 21.1. The Hall–Kier alpha value is -1.67. The lowest BCUT2D eigenvalue weighted by molar-refractivity contribution is 0.115. The van der Waals surface area contributed by atoms with Crippen LogP contribution in [0.3, 0.4) is 0 Å². The van der Waals surface area contributed by atoms with Crippen LogP contribution in [0.15, 0.2) is 48.6 Å². The molecule has 0 bridgehead atoms. The maximum absolute atomic E-state index is 14.9. The third kappa shape index (κ3) is 4.80. The second kappa shape index (κ2) is 9.64. The summed E-state index contributed by atoms with van der Waals surface area (Å²) in [4.78, 5) is 0. The Morgan fingerprint density at radius 1 is 0.933 bits per heavy atom. The van der Waals surface area contributed by atoms with Crippen molar-refractivity contribution in [1.82, 2.24) is 0 Å². The molecule has 0 amide bonds. The molecule has 4 atom stereocenters. The molecule has 0 aliphatic heterocycles. The van der Waals surface area contributed by atoms with Crippen molar-refractivity contribution in [2.45, 2.75) is 64.2 Å². The summed E-state index contributed by atoms with van der Waals surface area (Å²) in [5, 5.41) is 0.0593. The Balaban J connectivity index is 1.41. The lowest BCUT2D eigenvalue weighted by Gasteiger charge is -2.42. The Bertz CT molecular complexity index is 904. The first-order valence-corrected chi connectivity index (χ1v) is 11.8. The van der Waals surface area contributed by atoms with Crippen molar-refractivity contribution in [3.05, 3.63) is 70.8 Å². The zero-order valence-electron chi connectivity index (χ0n) is 17.7. The predicted octanol–water partition coefficient (Wildman–Crippen LogP) is 8.94. The van der Waals surface area contributed by atoms with Crippen LogP contribution in [0.5, 0.6) is 0 Å². The van der Waals surface area contributed by atoms with E-state index in [1.807, 2.05) is 6.07 Å². The fourth-order valence-corrected chi connectivity index (χ4v) is 5.85. The van der Waals surface area contributed by atoms with Crippen molar-refractivity contribution in [2.24, 2.45) is 17.8 Å². The van der Waals surface area contributed by atoms with Crippen LogP contribution in [0, 0.1) is 29.4 Å². The molecule has 2 aromatic carbocycles. The van der Waals surface area contributed by atoms with Crippen LogP contribution in [0.4, 0.5) is 8.78 Å². The molecule has 3 heteroatoms. The van der Waals surface area contributed by atoms with Gasteiger partial charge in [0, 0.05) is 5.56 Å². The van der Waals surface area contributed by atoms with Gasteiger partial charge in [-0.25, -0.2) is 8.78 Å². The summed E-state index contributed by atoms with van der Waals surface area (Å²) in [7, 11) is 0. The first-order chi connectivity index (χ1) is 14.5. The standard InChI is InChI=1S/C27H31ClF2/c1-2-3-4-5-18-6-7-20-15-21(9-8-19(20)14-18)22-10-12-24(26(29)16-22)23-11-13-25(28)27(30)17-23/h2-3,10-13,16-21H,4-9,14-15H2,1H3/b3-2+. The van der Waals surface area contributed by atoms with Crippen LogP contribution < -0.4 is 0 Å². The third-order valence-corrected chi connectivity index (χ3v) is 7.70. The van der Waals surface area contributed by atoms with Gasteiger partial charge in [-0.1, -0.05) is 48.4 Å². The molecular weight excluding hydrogens is 398 g/mol. The Labute approximate surface area is 184 Å². The lowest BCUT2D eigenvalue weighted by atomic mass is 9.63. The maximum Gasteiger partial charge on any atom is 0.142 e. The predicted molar refractivity (Wildman–Crippen MR) is 122 cm³/mol. The van der Waals surface area contributed by atoms with Crippen molar-refractivity contribution in [3.8, 4) is 11.1 Å². The third-order valence-electron chi connectivity index (χ3n) is 7.39. The molecule has 4 unspecified atom stereocenters. The van der Waals surface area contributed by atoms with Gasteiger partial charge < -0.3 is 0 Å². The molecule has 0 nitrogen and oxygen atoms in total. The minimum atomic E-state index is -0.516. The van der Waals surface area contributed by atoms with Gasteiger partial charge in [0.2, 0.25) is 0 Å². The highest BCUT2D eigenvalue weighted by Crippen LogP contribution is 2.48. The van der Waals surface area contributed by atoms with E-state index in [1.165, 1.54) is 57.1 Å². The molecule has 2 saturated carbocycles. The van der Waals surface area contributed by atoms with Crippen LogP contribution in [0.2, 0.25) is 5.02 Å². The Kier molecular flexibility index (Phi) is 6.93. The van der Waals surface area contributed by atoms with Gasteiger partial charge in [-0.15, -0.1) is 0 Å². The van der Waals surface area contributed by atoms with Gasteiger partial charge in [0.15, 0.2) is 0 Å². The van der Waals surface area contributed by atoms with Gasteiger partial charge >= 0.3 is 0 Å². The molecule has 0 heterocycles. The average molecular weight is 429 g/mol. The highest BCUT2D eigenvalue weighted by molar-refractivity contribution is 6.30. The summed E-state index contributed by atoms with van der Waals surface area (Å²) >= 11 is 5.76. The monoisotopic (exact) mass is 428 g/mol. The van der Waals surface area contributed by atoms with Gasteiger partial charge in [0.1, 0.15) is 11.6 Å². The second-order valence-corrected chi connectivity index (χ2v) is 9.63. The molecule has 2 aliphatic carbocycles. The van der Waals surface area contributed by atoms with E-state index >= 15 is 0 Å². The van der Waals surface area contributed by atoms with Crippen molar-refractivity contribution in [3.63, 3.8) is 0 Å². The molecular formula is C27H31ClF2. The van der Waals surface area contributed by atoms with E-state index in [0.717, 1.165) is 29.7 Å². The molecule has 0 radical (unpaired) electrons. The highest BCUT2D eigenvalue weighted by Gasteiger charge is 2.35. The molecule has 0 spiro atoms. The molecule has 160 valence electrons. The van der Waals surface area contributed by atoms with Crippen molar-refractivity contribution >= 4 is 11.6 Å². The first kappa shape index (κ1) is 21.6. The number of hydrogen-bond acceptors (Lipinski definition) is 0. The molecule has 0 N–H and O–H groups in total. The van der Waals surface area contributed by atoms with Crippen molar-refractivity contribution in [1.29, 1.82) is 0 Å². The average Bonchev–Trinajstić information content (AvgIpc) is 2.75. The number of rotatable bonds is 5.